The minimum absolute atomic E-state index is 0. The Morgan fingerprint density at radius 1 is 1.00 bits per heavy atom. The predicted octanol–water partition coefficient (Wildman–Crippen LogP) is 2.80. The zero-order chi connectivity index (χ0) is 18.2. The molecule has 2 aliphatic carbocycles. The standard InChI is InChI=1S/C15H18N3O2.C5H5.Fe/c1-5-20-14(19)12-10(2)16-15(18(3)4)17-13(12)11-8-6-7-9-11;1-2-4-5-3-1;/h6-9H,5H2,1-4H3;1-5H;/q;;+2. The van der Waals surface area contributed by atoms with E-state index in [4.69, 9.17) is 4.74 Å². The first kappa shape index (κ1) is 22.9. The molecule has 1 aromatic rings. The molecule has 1 aromatic heterocycles. The predicted molar refractivity (Wildman–Crippen MR) is 98.1 cm³/mol. The molecule has 26 heavy (non-hydrogen) atoms. The first-order chi connectivity index (χ1) is 12.0. The summed E-state index contributed by atoms with van der Waals surface area (Å²) in [6, 6.07) is 0. The van der Waals surface area contributed by atoms with E-state index in [-0.39, 0.29) is 23.0 Å². The molecule has 1 heterocycles. The molecule has 136 valence electrons. The second-order valence-corrected chi connectivity index (χ2v) is 5.58. The van der Waals surface area contributed by atoms with Crippen LogP contribution in [0.1, 0.15) is 28.7 Å². The van der Waals surface area contributed by atoms with Crippen molar-refractivity contribution in [3.8, 4) is 0 Å². The van der Waals surface area contributed by atoms with Gasteiger partial charge in [0.25, 0.3) is 0 Å². The number of hydrogen-bond donors (Lipinski definition) is 0. The van der Waals surface area contributed by atoms with Crippen molar-refractivity contribution in [1.82, 2.24) is 9.97 Å². The molecular formula is C20H23FeN3O2+2. The van der Waals surface area contributed by atoms with Gasteiger partial charge in [-0.15, -0.1) is 0 Å². The molecule has 0 spiro atoms. The van der Waals surface area contributed by atoms with E-state index in [0.717, 1.165) is 5.92 Å². The molecule has 3 rings (SSSR count). The van der Waals surface area contributed by atoms with Gasteiger partial charge in [-0.1, -0.05) is 0 Å². The molecule has 0 bridgehead atoms. The summed E-state index contributed by atoms with van der Waals surface area (Å²) in [5.74, 6) is 1.08. The summed E-state index contributed by atoms with van der Waals surface area (Å²) < 4.78 is 5.12. The van der Waals surface area contributed by atoms with Gasteiger partial charge in [0, 0.05) is 20.0 Å². The van der Waals surface area contributed by atoms with Crippen LogP contribution in [0.5, 0.6) is 0 Å². The molecule has 5 nitrogen and oxygen atoms in total. The van der Waals surface area contributed by atoms with Gasteiger partial charge in [-0.25, -0.2) is 14.8 Å². The van der Waals surface area contributed by atoms with Crippen LogP contribution in [0, 0.1) is 70.6 Å². The maximum atomic E-state index is 12.1. The van der Waals surface area contributed by atoms with E-state index in [9.17, 15) is 4.79 Å². The van der Waals surface area contributed by atoms with Crippen molar-refractivity contribution >= 4 is 11.9 Å². The fourth-order valence-corrected chi connectivity index (χ4v) is 2.27. The van der Waals surface area contributed by atoms with Gasteiger partial charge in [-0.05, 0) is 71.6 Å². The number of esters is 1. The summed E-state index contributed by atoms with van der Waals surface area (Å²) in [6.45, 7) is 3.91. The molecule has 0 N–H and O–H groups in total. The number of rotatable bonds is 4. The molecule has 0 aromatic carbocycles. The monoisotopic (exact) mass is 393 g/mol. The summed E-state index contributed by atoms with van der Waals surface area (Å²) in [7, 11) is 3.74. The van der Waals surface area contributed by atoms with Gasteiger partial charge in [-0.3, -0.25) is 0 Å². The van der Waals surface area contributed by atoms with Crippen LogP contribution in [0.15, 0.2) is 0 Å². The van der Waals surface area contributed by atoms with E-state index in [0.29, 0.717) is 29.5 Å². The first-order valence-electron chi connectivity index (χ1n) is 8.16. The Morgan fingerprint density at radius 2 is 1.54 bits per heavy atom. The van der Waals surface area contributed by atoms with Crippen molar-refractivity contribution in [2.24, 2.45) is 0 Å². The van der Waals surface area contributed by atoms with E-state index in [1.165, 1.54) is 0 Å². The van der Waals surface area contributed by atoms with Crippen LogP contribution < -0.4 is 4.90 Å². The van der Waals surface area contributed by atoms with Gasteiger partial charge < -0.3 is 9.64 Å². The van der Waals surface area contributed by atoms with E-state index in [2.05, 4.69) is 9.97 Å². The Morgan fingerprint density at radius 3 is 2.00 bits per heavy atom. The Balaban J connectivity index is 0.000000486. The average Bonchev–Trinajstić information content (AvgIpc) is 3.30. The topological polar surface area (TPSA) is 55.3 Å². The zero-order valence-electron chi connectivity index (χ0n) is 15.4. The Kier molecular flexibility index (Phi) is 10.2. The number of nitrogens with zero attached hydrogens (tertiary/aromatic N) is 3. The number of anilines is 1. The van der Waals surface area contributed by atoms with Gasteiger partial charge in [0.15, 0.2) is 0 Å². The van der Waals surface area contributed by atoms with Gasteiger partial charge in [0.2, 0.25) is 5.95 Å². The third-order valence-electron chi connectivity index (χ3n) is 3.45. The normalized spacial score (nSPS) is 16.5. The van der Waals surface area contributed by atoms with E-state index < -0.39 is 0 Å². The summed E-state index contributed by atoms with van der Waals surface area (Å²) in [5.41, 5.74) is 1.67. The largest absolute Gasteiger partial charge is 2.00 e. The maximum absolute atomic E-state index is 12.1. The number of carbonyl (C=O) groups excluding carboxylic acids is 1. The minimum atomic E-state index is -0.383. The summed E-state index contributed by atoms with van der Waals surface area (Å²) in [6.07, 6.45) is 17.7. The van der Waals surface area contributed by atoms with E-state index in [1.807, 2.05) is 76.8 Å². The van der Waals surface area contributed by atoms with Crippen molar-refractivity contribution < 1.29 is 26.6 Å². The second kappa shape index (κ2) is 11.6. The minimum Gasteiger partial charge on any atom is -0.462 e. The van der Waals surface area contributed by atoms with Gasteiger partial charge >= 0.3 is 23.0 Å². The molecule has 0 amide bonds. The molecule has 0 unspecified atom stereocenters. The molecule has 2 fully saturated rings. The zero-order valence-corrected chi connectivity index (χ0v) is 16.5. The number of aryl methyl sites for hydroxylation is 1. The molecule has 6 heteroatoms. The molecular weight excluding hydrogens is 370 g/mol. The smallest absolute Gasteiger partial charge is 0.462 e. The van der Waals surface area contributed by atoms with E-state index in [1.54, 1.807) is 13.8 Å². The molecule has 0 aliphatic heterocycles. The van der Waals surface area contributed by atoms with Crippen LogP contribution in [0.4, 0.5) is 5.95 Å². The third-order valence-corrected chi connectivity index (χ3v) is 3.45. The Labute approximate surface area is 168 Å². The molecule has 10 radical (unpaired) electrons. The van der Waals surface area contributed by atoms with Gasteiger partial charge in [0.05, 0.1) is 18.0 Å². The van der Waals surface area contributed by atoms with Crippen LogP contribution in [-0.4, -0.2) is 36.6 Å². The van der Waals surface area contributed by atoms with Crippen molar-refractivity contribution in [2.75, 3.05) is 25.6 Å². The van der Waals surface area contributed by atoms with Crippen LogP contribution in [-0.2, 0) is 21.8 Å². The van der Waals surface area contributed by atoms with Crippen molar-refractivity contribution in [2.45, 2.75) is 13.8 Å². The van der Waals surface area contributed by atoms with Crippen molar-refractivity contribution in [3.63, 3.8) is 0 Å². The summed E-state index contributed by atoms with van der Waals surface area (Å²) >= 11 is 0. The quantitative estimate of drug-likeness (QED) is 0.582. The molecule has 0 saturated heterocycles. The van der Waals surface area contributed by atoms with Crippen LogP contribution >= 0.6 is 0 Å². The Hall–Kier alpha value is -1.13. The molecule has 2 aliphatic rings. The van der Waals surface area contributed by atoms with Crippen molar-refractivity contribution in [3.05, 3.63) is 80.7 Å². The number of ether oxygens (including phenoxy) is 1. The SMILES string of the molecule is CCOC(=O)c1c(C)nc(N(C)C)nc1[C]1[CH][CH][CH][CH]1.[CH]1[CH][CH][CH][CH]1.[Fe+2]. The number of hydrogen-bond acceptors (Lipinski definition) is 5. The average molecular weight is 393 g/mol. The van der Waals surface area contributed by atoms with Crippen LogP contribution in [0.25, 0.3) is 0 Å². The van der Waals surface area contributed by atoms with Crippen LogP contribution in [0.3, 0.4) is 0 Å². The molecule has 0 atom stereocenters. The molecule has 2 saturated carbocycles. The summed E-state index contributed by atoms with van der Waals surface area (Å²) in [4.78, 5) is 22.8. The fraction of sp³-hybridized carbons (Fsp3) is 0.250. The summed E-state index contributed by atoms with van der Waals surface area (Å²) in [5, 5.41) is 0. The second-order valence-electron chi connectivity index (χ2n) is 5.58. The fourth-order valence-electron chi connectivity index (χ4n) is 2.27. The van der Waals surface area contributed by atoms with Gasteiger partial charge in [-0.2, -0.15) is 0 Å². The number of aromatic nitrogens is 2. The first-order valence-corrected chi connectivity index (χ1v) is 8.16. The van der Waals surface area contributed by atoms with E-state index >= 15 is 0 Å². The third kappa shape index (κ3) is 6.24. The van der Waals surface area contributed by atoms with Crippen molar-refractivity contribution in [1.29, 1.82) is 0 Å². The maximum Gasteiger partial charge on any atom is 2.00 e. The van der Waals surface area contributed by atoms with Gasteiger partial charge in [0.1, 0.15) is 5.56 Å². The number of carbonyl (C=O) groups is 1. The Bertz CT molecular complexity index is 561. The van der Waals surface area contributed by atoms with Crippen LogP contribution in [0.2, 0.25) is 0 Å².